The van der Waals surface area contributed by atoms with E-state index in [1.807, 2.05) is 30.4 Å². The fourth-order valence-corrected chi connectivity index (χ4v) is 11.8. The summed E-state index contributed by atoms with van der Waals surface area (Å²) in [6, 6.07) is 6.14. The lowest BCUT2D eigenvalue weighted by atomic mass is 9.78. The fraction of sp³-hybridized carbons (Fsp3) is 0.577. The third-order valence-electron chi connectivity index (χ3n) is 16.2. The van der Waals surface area contributed by atoms with Gasteiger partial charge in [0.05, 0.1) is 34.6 Å². The number of carbonyl (C=O) groups excluding carboxylic acids is 4. The van der Waals surface area contributed by atoms with Gasteiger partial charge in [-0.15, -0.1) is 0 Å². The van der Waals surface area contributed by atoms with E-state index in [0.717, 1.165) is 88.4 Å². The van der Waals surface area contributed by atoms with Gasteiger partial charge >= 0.3 is 6.09 Å². The van der Waals surface area contributed by atoms with E-state index in [1.165, 1.54) is 17.6 Å². The first-order chi connectivity index (χ1) is 35.1. The average molecular weight is 998 g/mol. The molecule has 0 radical (unpaired) electrons. The standard InChI is InChI=1S/C52H67N15O6/c1-51(2,3)67-48-42(46(53)56-31-57-48)43(59-67)44-41(45(73-60-44)32-11-12-32)47-54-28-34(29-55-47)61-20-22-64(23-21-61)50(71)72-30-40(69)63-18-15-33(16-19-63)52(4,5)65-26-24-62(25-27-65)36-9-6-10-37-35(36)8-7-17-66(37)38-13-14-39(68)58-49(38)70/h6,9-10,28-29,31-33,38H,7-8,11-27,30H2,1-5H3,(H2,53,56,57)(H,58,68,70). The van der Waals surface area contributed by atoms with Gasteiger partial charge in [0.1, 0.15) is 29.6 Å². The van der Waals surface area contributed by atoms with E-state index in [-0.39, 0.29) is 41.8 Å². The van der Waals surface area contributed by atoms with Crippen molar-refractivity contribution in [2.75, 3.05) is 99.0 Å². The zero-order valence-corrected chi connectivity index (χ0v) is 42.7. The topological polar surface area (TPSA) is 230 Å². The summed E-state index contributed by atoms with van der Waals surface area (Å²) in [5.41, 5.74) is 12.8. The molecule has 386 valence electrons. The molecule has 11 rings (SSSR count). The maximum atomic E-state index is 13.4. The molecule has 1 aromatic carbocycles. The molecular formula is C52H67N15O6. The van der Waals surface area contributed by atoms with Gasteiger partial charge in [0.2, 0.25) is 11.8 Å². The van der Waals surface area contributed by atoms with Crippen LogP contribution in [0.4, 0.5) is 27.7 Å². The maximum Gasteiger partial charge on any atom is 0.410 e. The Morgan fingerprint density at radius 3 is 2.21 bits per heavy atom. The summed E-state index contributed by atoms with van der Waals surface area (Å²) in [5.74, 6) is 1.59. The van der Waals surface area contributed by atoms with E-state index >= 15 is 0 Å². The Balaban J connectivity index is 0.647. The van der Waals surface area contributed by atoms with Crippen LogP contribution in [0.2, 0.25) is 0 Å². The van der Waals surface area contributed by atoms with Gasteiger partial charge in [-0.05, 0) is 103 Å². The second-order valence-corrected chi connectivity index (χ2v) is 22.0. The van der Waals surface area contributed by atoms with Gasteiger partial charge in [-0.25, -0.2) is 29.4 Å². The van der Waals surface area contributed by atoms with Crippen LogP contribution < -0.4 is 25.8 Å². The lowest BCUT2D eigenvalue weighted by Crippen LogP contribution is -2.59. The molecule has 4 aromatic heterocycles. The Bertz CT molecular complexity index is 2900. The number of hydrogen-bond acceptors (Lipinski definition) is 17. The van der Waals surface area contributed by atoms with E-state index in [4.69, 9.17) is 30.1 Å². The number of aromatic nitrogens is 7. The number of carbonyl (C=O) groups is 4. The molecule has 0 spiro atoms. The molecule has 1 unspecified atom stereocenters. The number of nitrogens with two attached hydrogens (primary N) is 1. The van der Waals surface area contributed by atoms with Crippen molar-refractivity contribution in [3.63, 3.8) is 0 Å². The largest absolute Gasteiger partial charge is 0.439 e. The molecule has 3 N–H and O–H groups in total. The van der Waals surface area contributed by atoms with Crippen molar-refractivity contribution in [3.8, 4) is 22.8 Å². The van der Waals surface area contributed by atoms with Crippen LogP contribution in [0.15, 0.2) is 41.4 Å². The zero-order chi connectivity index (χ0) is 50.8. The van der Waals surface area contributed by atoms with Gasteiger partial charge in [0.15, 0.2) is 23.8 Å². The SMILES string of the molecule is CC(C)(C1CCN(C(=O)COC(=O)N2CCN(c3cnc(-c4c(-c5nn(C(C)(C)C)c6ncnc(N)c56)noc4C4CC4)nc3)CC2)CC1)N1CCN(c2cccc3c2CCCN3C2CCC(=O)NC2=O)CC1. The van der Waals surface area contributed by atoms with Crippen LogP contribution in [0, 0.1) is 5.92 Å². The number of imide groups is 1. The third kappa shape index (κ3) is 9.28. The normalized spacial score (nSPS) is 20.7. The van der Waals surface area contributed by atoms with Crippen LogP contribution in [-0.2, 0) is 31.1 Å². The number of nitrogen functional groups attached to an aromatic ring is 1. The number of benzene rings is 1. The molecule has 0 bridgehead atoms. The molecule has 4 amide bonds. The molecule has 21 heteroatoms. The molecule has 5 fully saturated rings. The predicted octanol–water partition coefficient (Wildman–Crippen LogP) is 4.81. The van der Waals surface area contributed by atoms with Gasteiger partial charge in [0, 0.05) is 101 Å². The van der Waals surface area contributed by atoms with E-state index in [9.17, 15) is 19.2 Å². The smallest absolute Gasteiger partial charge is 0.410 e. The number of piperidine rings is 2. The van der Waals surface area contributed by atoms with Crippen LogP contribution in [-0.4, -0.2) is 164 Å². The lowest BCUT2D eigenvalue weighted by molar-refractivity contribution is -0.137. The highest BCUT2D eigenvalue weighted by Gasteiger charge is 2.41. The highest BCUT2D eigenvalue weighted by atomic mass is 16.6. The number of likely N-dealkylation sites (tertiary alicyclic amines) is 1. The van der Waals surface area contributed by atoms with Gasteiger partial charge in [0.25, 0.3) is 5.91 Å². The molecule has 73 heavy (non-hydrogen) atoms. The van der Waals surface area contributed by atoms with Crippen molar-refractivity contribution in [3.05, 3.63) is 48.2 Å². The second-order valence-electron chi connectivity index (χ2n) is 22.0. The van der Waals surface area contributed by atoms with Crippen LogP contribution in [0.3, 0.4) is 0 Å². The monoisotopic (exact) mass is 998 g/mol. The molecule has 9 heterocycles. The Morgan fingerprint density at radius 2 is 1.51 bits per heavy atom. The summed E-state index contributed by atoms with van der Waals surface area (Å²) in [4.78, 5) is 82.8. The second kappa shape index (κ2) is 19.2. The van der Waals surface area contributed by atoms with E-state index in [2.05, 4.69) is 72.1 Å². The minimum atomic E-state index is -0.488. The van der Waals surface area contributed by atoms with E-state index in [1.54, 1.807) is 17.3 Å². The van der Waals surface area contributed by atoms with Crippen molar-refractivity contribution in [1.82, 2.24) is 54.9 Å². The number of anilines is 4. The number of fused-ring (bicyclic) bond motifs is 2. The van der Waals surface area contributed by atoms with Gasteiger partial charge < -0.3 is 39.5 Å². The number of nitrogens with one attached hydrogen (secondary N) is 1. The molecule has 1 aliphatic carbocycles. The van der Waals surface area contributed by atoms with E-state index in [0.29, 0.717) is 97.7 Å². The number of piperazine rings is 2. The van der Waals surface area contributed by atoms with Crippen LogP contribution in [0.25, 0.3) is 33.8 Å². The van der Waals surface area contributed by atoms with Crippen molar-refractivity contribution in [1.29, 1.82) is 0 Å². The molecule has 1 atom stereocenters. The van der Waals surface area contributed by atoms with Crippen molar-refractivity contribution in [2.45, 2.75) is 109 Å². The minimum absolute atomic E-state index is 0.0535. The maximum absolute atomic E-state index is 13.4. The number of hydrogen-bond donors (Lipinski definition) is 2. The summed E-state index contributed by atoms with van der Waals surface area (Å²) < 4.78 is 13.4. The number of nitrogens with zero attached hydrogens (tertiary/aromatic N) is 13. The van der Waals surface area contributed by atoms with Crippen molar-refractivity contribution < 1.29 is 28.4 Å². The van der Waals surface area contributed by atoms with Gasteiger partial charge in [-0.1, -0.05) is 11.2 Å². The van der Waals surface area contributed by atoms with Gasteiger partial charge in [-0.2, -0.15) is 5.10 Å². The van der Waals surface area contributed by atoms with Crippen molar-refractivity contribution >= 4 is 57.7 Å². The summed E-state index contributed by atoms with van der Waals surface area (Å²) in [6.07, 6.45) is 11.1. The van der Waals surface area contributed by atoms with Gasteiger partial charge in [-0.3, -0.25) is 24.6 Å². The number of ether oxygens (including phenoxy) is 1. The lowest BCUT2D eigenvalue weighted by Gasteiger charge is -2.50. The molecule has 5 aliphatic heterocycles. The fourth-order valence-electron chi connectivity index (χ4n) is 11.8. The molecule has 5 aromatic rings. The molecule has 6 aliphatic rings. The summed E-state index contributed by atoms with van der Waals surface area (Å²) in [5, 5.41) is 12.6. The Hall–Kier alpha value is -6.90. The summed E-state index contributed by atoms with van der Waals surface area (Å²) in [6.45, 7) is 18.2. The highest BCUT2D eigenvalue weighted by Crippen LogP contribution is 2.48. The molecule has 21 nitrogen and oxygen atoms in total. The average Bonchev–Trinajstić information content (AvgIpc) is 4.02. The molecular weight excluding hydrogens is 931 g/mol. The molecule has 4 saturated heterocycles. The third-order valence-corrected chi connectivity index (χ3v) is 16.2. The Morgan fingerprint density at radius 1 is 0.795 bits per heavy atom. The molecule has 1 saturated carbocycles. The first kappa shape index (κ1) is 48.4. The Labute approximate surface area is 424 Å². The Kier molecular flexibility index (Phi) is 12.7. The summed E-state index contributed by atoms with van der Waals surface area (Å²) in [7, 11) is 0. The van der Waals surface area contributed by atoms with Crippen molar-refractivity contribution in [2.24, 2.45) is 5.92 Å². The first-order valence-electron chi connectivity index (χ1n) is 26.1. The number of amides is 4. The van der Waals surface area contributed by atoms with Crippen LogP contribution in [0.5, 0.6) is 0 Å². The van der Waals surface area contributed by atoms with Crippen LogP contribution in [0.1, 0.15) is 96.8 Å². The highest BCUT2D eigenvalue weighted by molar-refractivity contribution is 6.02. The van der Waals surface area contributed by atoms with Crippen LogP contribution >= 0.6 is 0 Å². The van der Waals surface area contributed by atoms with E-state index < -0.39 is 11.6 Å². The predicted molar refractivity (Wildman–Crippen MR) is 274 cm³/mol. The quantitative estimate of drug-likeness (QED) is 0.179. The minimum Gasteiger partial charge on any atom is -0.439 e. The first-order valence-corrected chi connectivity index (χ1v) is 26.1. The summed E-state index contributed by atoms with van der Waals surface area (Å²) >= 11 is 0. The zero-order valence-electron chi connectivity index (χ0n) is 42.7. The number of rotatable bonds is 10.